The molecule has 1 atom stereocenters. The van der Waals surface area contributed by atoms with Crippen molar-refractivity contribution in [3.8, 4) is 0 Å². The van der Waals surface area contributed by atoms with Crippen molar-refractivity contribution in [2.75, 3.05) is 27.2 Å². The predicted octanol–water partition coefficient (Wildman–Crippen LogP) is 2.76. The molecule has 0 amide bonds. The Morgan fingerprint density at radius 3 is 1.88 bits per heavy atom. The smallest absolute Gasteiger partial charge is 0.315 e. The molecule has 1 aliphatic heterocycles. The summed E-state index contributed by atoms with van der Waals surface area (Å²) in [6, 6.07) is 0. The molecule has 3 nitrogen and oxygen atoms in total. The summed E-state index contributed by atoms with van der Waals surface area (Å²) in [7, 11) is 3.86. The highest BCUT2D eigenvalue weighted by molar-refractivity contribution is 4.99. The van der Waals surface area contributed by atoms with Gasteiger partial charge in [0.15, 0.2) is 0 Å². The van der Waals surface area contributed by atoms with Gasteiger partial charge in [0.2, 0.25) is 0 Å². The second kappa shape index (κ2) is 7.82. The van der Waals surface area contributed by atoms with Gasteiger partial charge in [-0.25, -0.2) is 0 Å². The molecule has 1 aliphatic rings. The molecule has 0 bridgehead atoms. The first-order valence-electron chi connectivity index (χ1n) is 6.17. The number of rotatable bonds is 1. The van der Waals surface area contributed by atoms with E-state index in [4.69, 9.17) is 4.74 Å². The fraction of sp³-hybridized carbons (Fsp3) is 0.846. The van der Waals surface area contributed by atoms with Gasteiger partial charge in [0.25, 0.3) is 0 Å². The monoisotopic (exact) mass is 232 g/mol. The molecule has 0 spiro atoms. The lowest BCUT2D eigenvalue weighted by atomic mass is 10.2. The van der Waals surface area contributed by atoms with Crippen LogP contribution in [0.25, 0.3) is 0 Å². The molecule has 1 saturated heterocycles. The van der Waals surface area contributed by atoms with E-state index in [-0.39, 0.29) is 0 Å². The molecule has 0 radical (unpaired) electrons. The average Bonchev–Trinajstić information content (AvgIpc) is 2.47. The molecule has 1 unspecified atom stereocenters. The first-order chi connectivity index (χ1) is 7.31. The van der Waals surface area contributed by atoms with Gasteiger partial charge in [-0.3, -0.25) is 9.22 Å². The molecule has 3 heteroatoms. The second-order valence-electron chi connectivity index (χ2n) is 4.35. The topological polar surface area (TPSA) is 29.5 Å². The molecule has 0 saturated carbocycles. The minimum absolute atomic E-state index is 0.447. The molecule has 1 heterocycles. The van der Waals surface area contributed by atoms with Crippen LogP contribution in [0.3, 0.4) is 0 Å². The summed E-state index contributed by atoms with van der Waals surface area (Å²) >= 11 is 0. The maximum atomic E-state index is 9.95. The Hall–Kier alpha value is -0.380. The Labute approximate surface area is 101 Å². The van der Waals surface area contributed by atoms with Gasteiger partial charge in [-0.2, -0.15) is 0 Å². The van der Waals surface area contributed by atoms with Crippen molar-refractivity contribution in [3.05, 3.63) is 12.2 Å². The minimum atomic E-state index is -1.17. The van der Waals surface area contributed by atoms with Crippen molar-refractivity contribution in [3.63, 3.8) is 0 Å². The third kappa shape index (κ3) is 4.24. The van der Waals surface area contributed by atoms with E-state index in [9.17, 15) is 5.11 Å². The highest BCUT2D eigenvalue weighted by Gasteiger charge is 2.51. The van der Waals surface area contributed by atoms with Crippen LogP contribution in [-0.2, 0) is 4.74 Å². The summed E-state index contributed by atoms with van der Waals surface area (Å²) in [4.78, 5) is 0. The fourth-order valence-corrected chi connectivity index (χ4v) is 1.38. The predicted molar refractivity (Wildman–Crippen MR) is 70.0 cm³/mol. The molecule has 1 N–H and O–H groups in total. The van der Waals surface area contributed by atoms with Crippen LogP contribution in [0.1, 0.15) is 41.0 Å². The zero-order valence-corrected chi connectivity index (χ0v) is 12.1. The van der Waals surface area contributed by atoms with Gasteiger partial charge < -0.3 is 5.11 Å². The van der Waals surface area contributed by atoms with E-state index in [2.05, 4.69) is 20.4 Å². The molecule has 0 aliphatic carbocycles. The van der Waals surface area contributed by atoms with Gasteiger partial charge in [-0.15, -0.1) is 0 Å². The number of quaternary nitrogens is 1. The van der Waals surface area contributed by atoms with Gasteiger partial charge in [0.05, 0.1) is 14.1 Å². The number of hydrogen-bond donors (Lipinski definition) is 1. The Morgan fingerprint density at radius 2 is 1.75 bits per heavy atom. The zero-order valence-electron chi connectivity index (χ0n) is 12.1. The summed E-state index contributed by atoms with van der Waals surface area (Å²) in [5.41, 5.74) is 0.667. The van der Waals surface area contributed by atoms with E-state index in [0.29, 0.717) is 16.7 Å². The largest absolute Gasteiger partial charge is 0.340 e. The van der Waals surface area contributed by atoms with E-state index in [1.807, 2.05) is 27.9 Å². The highest BCUT2D eigenvalue weighted by atomic mass is 16.7. The maximum absolute atomic E-state index is 9.95. The fourth-order valence-electron chi connectivity index (χ4n) is 1.38. The molecule has 0 aromatic heterocycles. The number of likely N-dealkylation sites (N-methyl/N-ethyl adjacent to an activating group) is 1. The average molecular weight is 232 g/mol. The third-order valence-electron chi connectivity index (χ3n) is 2.33. The Bertz CT molecular complexity index is 202. The lowest BCUT2D eigenvalue weighted by Crippen LogP contribution is -2.56. The van der Waals surface area contributed by atoms with Crippen molar-refractivity contribution in [1.29, 1.82) is 0 Å². The molecular formula is C13H30NO2+. The molecule has 0 aromatic carbocycles. The summed E-state index contributed by atoms with van der Waals surface area (Å²) in [5.74, 6) is -1.17. The van der Waals surface area contributed by atoms with Crippen LogP contribution in [0.15, 0.2) is 12.2 Å². The minimum Gasteiger partial charge on any atom is -0.315 e. The molecule has 0 aromatic rings. The Balaban J connectivity index is 0. The quantitative estimate of drug-likeness (QED) is 0.556. The normalized spacial score (nSPS) is 26.0. The Kier molecular flexibility index (Phi) is 8.80. The number of nitrogens with zero attached hydrogens (tertiary/aromatic N) is 1. The third-order valence-corrected chi connectivity index (χ3v) is 2.33. The van der Waals surface area contributed by atoms with Crippen molar-refractivity contribution < 1.29 is 14.3 Å². The van der Waals surface area contributed by atoms with Crippen LogP contribution in [0, 0.1) is 0 Å². The van der Waals surface area contributed by atoms with Gasteiger partial charge >= 0.3 is 5.91 Å². The maximum Gasteiger partial charge on any atom is 0.340 e. The van der Waals surface area contributed by atoms with Crippen molar-refractivity contribution in [2.45, 2.75) is 47.0 Å². The Morgan fingerprint density at radius 1 is 1.38 bits per heavy atom. The molecule has 1 fully saturated rings. The van der Waals surface area contributed by atoms with Crippen LogP contribution in [0.2, 0.25) is 0 Å². The second-order valence-corrected chi connectivity index (χ2v) is 4.35. The zero-order chi connectivity index (χ0) is 13.4. The number of ether oxygens (including phenoxy) is 1. The standard InChI is InChI=1S/C8H16NO2.C3H8.C2H6/c1-7(2)8(10)9(3,4)5-6-11-8;1-3-2;1-2/h10H,1,5-6H2,2-4H3;3H2,1-2H3;1-2H3/q+1;;. The molecule has 98 valence electrons. The van der Waals surface area contributed by atoms with E-state index in [1.54, 1.807) is 6.92 Å². The summed E-state index contributed by atoms with van der Waals surface area (Å²) in [5, 5.41) is 9.95. The van der Waals surface area contributed by atoms with Gasteiger partial charge in [-0.1, -0.05) is 40.7 Å². The molecule has 16 heavy (non-hydrogen) atoms. The van der Waals surface area contributed by atoms with E-state index < -0.39 is 5.91 Å². The van der Waals surface area contributed by atoms with E-state index in [1.165, 1.54) is 6.42 Å². The van der Waals surface area contributed by atoms with Crippen molar-refractivity contribution in [2.24, 2.45) is 0 Å². The van der Waals surface area contributed by atoms with Crippen LogP contribution in [-0.4, -0.2) is 42.7 Å². The summed E-state index contributed by atoms with van der Waals surface area (Å²) < 4.78 is 5.69. The molecule has 1 rings (SSSR count). The first kappa shape index (κ1) is 18.0. The number of aliphatic hydroxyl groups is 1. The lowest BCUT2D eigenvalue weighted by molar-refractivity contribution is -0.963. The lowest BCUT2D eigenvalue weighted by Gasteiger charge is -2.36. The van der Waals surface area contributed by atoms with Crippen molar-refractivity contribution in [1.82, 2.24) is 0 Å². The van der Waals surface area contributed by atoms with Crippen LogP contribution >= 0.6 is 0 Å². The van der Waals surface area contributed by atoms with Crippen LogP contribution in [0.5, 0.6) is 0 Å². The van der Waals surface area contributed by atoms with E-state index in [0.717, 1.165) is 6.54 Å². The molecular weight excluding hydrogens is 202 g/mol. The van der Waals surface area contributed by atoms with Gasteiger partial charge in [-0.05, 0) is 6.92 Å². The van der Waals surface area contributed by atoms with Gasteiger partial charge in [0.1, 0.15) is 13.2 Å². The SMILES string of the molecule is C=C(C)C1(O)OCC[N+]1(C)C.CC.CCC. The first-order valence-corrected chi connectivity index (χ1v) is 6.17. The number of hydrogen-bond acceptors (Lipinski definition) is 2. The van der Waals surface area contributed by atoms with Crippen molar-refractivity contribution >= 4 is 0 Å². The highest BCUT2D eigenvalue weighted by Crippen LogP contribution is 2.31. The van der Waals surface area contributed by atoms with Crippen LogP contribution in [0.4, 0.5) is 0 Å². The van der Waals surface area contributed by atoms with Gasteiger partial charge in [0, 0.05) is 5.57 Å². The van der Waals surface area contributed by atoms with Crippen LogP contribution < -0.4 is 0 Å². The summed E-state index contributed by atoms with van der Waals surface area (Å²) in [6.45, 7) is 15.2. The summed E-state index contributed by atoms with van der Waals surface area (Å²) in [6.07, 6.45) is 1.25. The van der Waals surface area contributed by atoms with E-state index >= 15 is 0 Å².